The average Bonchev–Trinajstić information content (AvgIpc) is 3.58. The van der Waals surface area contributed by atoms with Gasteiger partial charge in [-0.3, -0.25) is 9.69 Å². The number of methoxy groups -OCH3 is 1. The third-order valence-electron chi connectivity index (χ3n) is 6.61. The Kier molecular flexibility index (Phi) is 6.25. The minimum Gasteiger partial charge on any atom is -0.383 e. The fraction of sp³-hybridized carbons (Fsp3) is 0.522. The molecule has 3 aliphatic heterocycles. The molecule has 32 heavy (non-hydrogen) atoms. The van der Waals surface area contributed by atoms with E-state index >= 15 is 0 Å². The van der Waals surface area contributed by atoms with Crippen molar-refractivity contribution in [2.24, 2.45) is 5.92 Å². The normalized spacial score (nSPS) is 23.6. The zero-order valence-electron chi connectivity index (χ0n) is 18.2. The van der Waals surface area contributed by atoms with Gasteiger partial charge >= 0.3 is 0 Å². The first-order chi connectivity index (χ1) is 15.5. The van der Waals surface area contributed by atoms with Gasteiger partial charge in [0, 0.05) is 68.2 Å². The number of ether oxygens (including phenoxy) is 1. The smallest absolute Gasteiger partial charge is 0.248 e. The molecule has 1 saturated carbocycles. The highest BCUT2D eigenvalue weighted by molar-refractivity contribution is 6.35. The van der Waals surface area contributed by atoms with Gasteiger partial charge < -0.3 is 25.2 Å². The summed E-state index contributed by atoms with van der Waals surface area (Å²) in [6.45, 7) is 4.87. The molecule has 1 aliphatic carbocycles. The van der Waals surface area contributed by atoms with Crippen LogP contribution in [0.5, 0.6) is 0 Å². The summed E-state index contributed by atoms with van der Waals surface area (Å²) in [5, 5.41) is 8.58. The number of amides is 1. The summed E-state index contributed by atoms with van der Waals surface area (Å²) >= 11 is 12.8. The second-order valence-electron chi connectivity index (χ2n) is 8.84. The summed E-state index contributed by atoms with van der Waals surface area (Å²) in [5.74, 6) is 0.720. The zero-order chi connectivity index (χ0) is 22.2. The highest BCUT2D eigenvalue weighted by atomic mass is 35.5. The molecule has 9 heteroatoms. The highest BCUT2D eigenvalue weighted by Gasteiger charge is 2.38. The predicted molar refractivity (Wildman–Crippen MR) is 126 cm³/mol. The Balaban J connectivity index is 1.40. The van der Waals surface area contributed by atoms with E-state index in [2.05, 4.69) is 26.6 Å². The lowest BCUT2D eigenvalue weighted by atomic mass is 10.1. The molecule has 0 radical (unpaired) electrons. The molecule has 2 fully saturated rings. The van der Waals surface area contributed by atoms with Crippen molar-refractivity contribution in [1.29, 1.82) is 0 Å². The van der Waals surface area contributed by atoms with E-state index in [1.54, 1.807) is 13.2 Å². The van der Waals surface area contributed by atoms with Crippen molar-refractivity contribution in [3.8, 4) is 0 Å². The van der Waals surface area contributed by atoms with Gasteiger partial charge in [-0.05, 0) is 31.0 Å². The number of nitrogens with zero attached hydrogens (tertiary/aromatic N) is 3. The summed E-state index contributed by atoms with van der Waals surface area (Å²) in [7, 11) is 1.56. The summed E-state index contributed by atoms with van der Waals surface area (Å²) in [6, 6.07) is 5.67. The molecule has 1 unspecified atom stereocenters. The van der Waals surface area contributed by atoms with Gasteiger partial charge in [-0.2, -0.15) is 0 Å². The van der Waals surface area contributed by atoms with Crippen LogP contribution in [0.1, 0.15) is 18.4 Å². The van der Waals surface area contributed by atoms with Crippen molar-refractivity contribution in [3.63, 3.8) is 0 Å². The fourth-order valence-electron chi connectivity index (χ4n) is 4.68. The molecule has 3 heterocycles. The standard InChI is InChI=1S/C23H29Cl2N5O2/c1-32-14-22(31)29-8-6-28(7-9-29)13-20-23(17-5-4-16(24)10-18(17)25)27-21-11-26-19(12-30(20)21)15-2-3-15/h4-5,10,12,15,21,26-27H,2-3,6-9,11,13-14H2,1H3. The summed E-state index contributed by atoms with van der Waals surface area (Å²) < 4.78 is 5.01. The van der Waals surface area contributed by atoms with Crippen LogP contribution in [0.25, 0.3) is 5.70 Å². The molecule has 1 aromatic rings. The first-order valence-corrected chi connectivity index (χ1v) is 12.0. The van der Waals surface area contributed by atoms with E-state index in [4.69, 9.17) is 27.9 Å². The number of carbonyl (C=O) groups excluding carboxylic acids is 1. The molecule has 1 atom stereocenters. The Morgan fingerprint density at radius 3 is 2.66 bits per heavy atom. The monoisotopic (exact) mass is 477 g/mol. The minimum absolute atomic E-state index is 0.0571. The minimum atomic E-state index is 0.0571. The SMILES string of the molecule is COCC(=O)N1CCN(CC2=C(c3ccc(Cl)cc3Cl)NC3CNC(C4CC4)=CN23)CC1. The molecule has 1 aromatic carbocycles. The van der Waals surface area contributed by atoms with Gasteiger partial charge in [0.2, 0.25) is 5.91 Å². The lowest BCUT2D eigenvalue weighted by Crippen LogP contribution is -2.51. The first kappa shape index (κ1) is 21.9. The molecule has 172 valence electrons. The second kappa shape index (κ2) is 9.14. The van der Waals surface area contributed by atoms with Crippen molar-refractivity contribution < 1.29 is 9.53 Å². The van der Waals surface area contributed by atoms with Crippen LogP contribution >= 0.6 is 23.2 Å². The Morgan fingerprint density at radius 1 is 1.19 bits per heavy atom. The number of hydrogen-bond acceptors (Lipinski definition) is 6. The predicted octanol–water partition coefficient (Wildman–Crippen LogP) is 2.54. The zero-order valence-corrected chi connectivity index (χ0v) is 19.8. The maximum absolute atomic E-state index is 12.2. The number of piperazine rings is 1. The van der Waals surface area contributed by atoms with Gasteiger partial charge in [-0.25, -0.2) is 0 Å². The Labute approximate surface area is 198 Å². The van der Waals surface area contributed by atoms with Crippen molar-refractivity contribution in [3.05, 3.63) is 51.4 Å². The Morgan fingerprint density at radius 2 is 1.97 bits per heavy atom. The van der Waals surface area contributed by atoms with E-state index in [1.165, 1.54) is 24.2 Å². The fourth-order valence-corrected chi connectivity index (χ4v) is 5.18. The second-order valence-corrected chi connectivity index (χ2v) is 9.69. The molecule has 0 spiro atoms. The van der Waals surface area contributed by atoms with Gasteiger partial charge in [0.05, 0.1) is 23.0 Å². The topological polar surface area (TPSA) is 60.1 Å². The molecule has 0 bridgehead atoms. The number of fused-ring (bicyclic) bond motifs is 1. The van der Waals surface area contributed by atoms with Crippen LogP contribution in [-0.4, -0.2) is 79.8 Å². The third-order valence-corrected chi connectivity index (χ3v) is 7.16. The van der Waals surface area contributed by atoms with Crippen LogP contribution in [0.3, 0.4) is 0 Å². The number of carbonyl (C=O) groups is 1. The van der Waals surface area contributed by atoms with Crippen LogP contribution in [0.4, 0.5) is 0 Å². The van der Waals surface area contributed by atoms with Gasteiger partial charge in [0.1, 0.15) is 12.8 Å². The molecule has 2 N–H and O–H groups in total. The molecule has 5 rings (SSSR count). The van der Waals surface area contributed by atoms with Crippen molar-refractivity contribution in [2.75, 3.05) is 53.0 Å². The third kappa shape index (κ3) is 4.44. The van der Waals surface area contributed by atoms with Crippen molar-refractivity contribution in [2.45, 2.75) is 19.0 Å². The quantitative estimate of drug-likeness (QED) is 0.656. The lowest BCUT2D eigenvalue weighted by molar-refractivity contribution is -0.136. The molecule has 7 nitrogen and oxygen atoms in total. The van der Waals surface area contributed by atoms with Crippen molar-refractivity contribution >= 4 is 34.8 Å². The summed E-state index contributed by atoms with van der Waals surface area (Å²) in [5.41, 5.74) is 4.58. The van der Waals surface area contributed by atoms with E-state index in [-0.39, 0.29) is 18.7 Å². The Bertz CT molecular complexity index is 954. The maximum Gasteiger partial charge on any atom is 0.248 e. The van der Waals surface area contributed by atoms with Crippen molar-refractivity contribution in [1.82, 2.24) is 25.3 Å². The largest absolute Gasteiger partial charge is 0.383 e. The molecular weight excluding hydrogens is 449 g/mol. The first-order valence-electron chi connectivity index (χ1n) is 11.2. The maximum atomic E-state index is 12.2. The number of halogens is 2. The van der Waals surface area contributed by atoms with E-state index < -0.39 is 0 Å². The number of rotatable bonds is 6. The van der Waals surface area contributed by atoms with Gasteiger partial charge in [0.15, 0.2) is 0 Å². The molecule has 1 saturated heterocycles. The van der Waals surface area contributed by atoms with E-state index in [0.717, 1.165) is 37.4 Å². The van der Waals surface area contributed by atoms with Gasteiger partial charge in [0.25, 0.3) is 0 Å². The molecule has 1 amide bonds. The summed E-state index contributed by atoms with van der Waals surface area (Å²) in [4.78, 5) is 18.8. The number of benzene rings is 1. The van der Waals surface area contributed by atoms with Gasteiger partial charge in [-0.15, -0.1) is 0 Å². The lowest BCUT2D eigenvalue weighted by Gasteiger charge is -2.37. The summed E-state index contributed by atoms with van der Waals surface area (Å²) in [6.07, 6.45) is 4.95. The van der Waals surface area contributed by atoms with Gasteiger partial charge in [-0.1, -0.05) is 23.2 Å². The van der Waals surface area contributed by atoms with E-state index in [9.17, 15) is 4.79 Å². The van der Waals surface area contributed by atoms with Crippen LogP contribution in [-0.2, 0) is 9.53 Å². The molecule has 0 aromatic heterocycles. The van der Waals surface area contributed by atoms with Crippen LogP contribution in [0.15, 0.2) is 35.8 Å². The van der Waals surface area contributed by atoms with Crippen LogP contribution in [0.2, 0.25) is 10.0 Å². The molecule has 4 aliphatic rings. The average molecular weight is 478 g/mol. The molecular formula is C23H29Cl2N5O2. The van der Waals surface area contributed by atoms with E-state index in [0.29, 0.717) is 29.1 Å². The number of hydrogen-bond donors (Lipinski definition) is 2. The van der Waals surface area contributed by atoms with Crippen LogP contribution in [0, 0.1) is 5.92 Å². The van der Waals surface area contributed by atoms with Crippen LogP contribution < -0.4 is 10.6 Å². The number of nitrogens with one attached hydrogen (secondary N) is 2. The highest BCUT2D eigenvalue weighted by Crippen LogP contribution is 2.40. The number of allylic oxidation sites excluding steroid dienone is 1. The Hall–Kier alpha value is -1.93. The van der Waals surface area contributed by atoms with E-state index in [1.807, 2.05) is 17.0 Å².